The van der Waals surface area contributed by atoms with Crippen molar-refractivity contribution in [1.29, 1.82) is 0 Å². The molecule has 3 unspecified atom stereocenters. The molecule has 0 saturated heterocycles. The number of aromatic nitrogens is 2. The molecule has 10 nitrogen and oxygen atoms in total. The van der Waals surface area contributed by atoms with Gasteiger partial charge in [0.2, 0.25) is 0 Å². The molecule has 7 rings (SSSR count). The maximum atomic E-state index is 12.6. The number of carboxylic acid groups (broad SMARTS) is 1. The first-order valence-corrected chi connectivity index (χ1v) is 21.7. The number of nitrogens with one attached hydrogen (secondary N) is 2. The molecule has 1 aliphatic carbocycles. The first kappa shape index (κ1) is 50.1. The molecular formula is C57H59N5O5. The molecule has 0 amide bonds. The first-order valence-electron chi connectivity index (χ1n) is 21.7. The van der Waals surface area contributed by atoms with Gasteiger partial charge in [-0.25, -0.2) is 19.8 Å². The number of benzene rings is 5. The van der Waals surface area contributed by atoms with Crippen molar-refractivity contribution in [3.05, 3.63) is 240 Å². The van der Waals surface area contributed by atoms with Crippen LogP contribution in [0.15, 0.2) is 212 Å². The van der Waals surface area contributed by atoms with E-state index in [4.69, 9.17) is 4.74 Å². The van der Waals surface area contributed by atoms with Gasteiger partial charge in [0.1, 0.15) is 35.9 Å². The van der Waals surface area contributed by atoms with Gasteiger partial charge in [0.25, 0.3) is 0 Å². The maximum absolute atomic E-state index is 12.6. The van der Waals surface area contributed by atoms with Crippen molar-refractivity contribution in [3.8, 4) is 11.3 Å². The quantitative estimate of drug-likeness (QED) is 0.0270. The molecule has 1 aliphatic rings. The number of ether oxygens (including phenoxy) is 1. The van der Waals surface area contributed by atoms with Crippen molar-refractivity contribution in [2.45, 2.75) is 58.2 Å². The molecule has 0 spiro atoms. The van der Waals surface area contributed by atoms with E-state index in [9.17, 15) is 19.8 Å². The van der Waals surface area contributed by atoms with Crippen LogP contribution in [0.1, 0.15) is 77.9 Å². The summed E-state index contributed by atoms with van der Waals surface area (Å²) in [6, 6.07) is 44.7. The van der Waals surface area contributed by atoms with Crippen LogP contribution in [0.2, 0.25) is 0 Å². The van der Waals surface area contributed by atoms with Gasteiger partial charge >= 0.3 is 5.97 Å². The summed E-state index contributed by atoms with van der Waals surface area (Å²) in [6.07, 6.45) is 13.5. The van der Waals surface area contributed by atoms with Gasteiger partial charge in [-0.15, -0.1) is 0 Å². The van der Waals surface area contributed by atoms with Crippen LogP contribution in [0.5, 0.6) is 0 Å². The predicted molar refractivity (Wildman–Crippen MR) is 272 cm³/mol. The molecule has 342 valence electrons. The maximum Gasteiger partial charge on any atom is 0.326 e. The summed E-state index contributed by atoms with van der Waals surface area (Å²) < 4.78 is 5.44. The molecule has 1 aromatic heterocycles. The van der Waals surface area contributed by atoms with Gasteiger partial charge in [-0.2, -0.15) is 0 Å². The standard InChI is InChI=1S/C30H32N2O2.C26H23N3O3.CH4/c1-5-31-29(32-28(23(3)34-4)21-24-12-8-6-9-13-24)20-22(2)25-16-18-27(19-17-25)30(33)26-14-10-7-11-15-26;30-25(20-9-5-2-6-10-20)21-13-11-19(12-14-21)22-16-24(28-17-27-22)29-23(26(31)32)15-18-7-3-1-4-8-18;/h5-20,28,30,32-33H,2-3,21H2,1,4H3;2-3,5-14,16-17,23H,1,4,15H2,(H,31,32)(H,27,28,29);1H4/b29-20+,31-5-;;. The molecule has 67 heavy (non-hydrogen) atoms. The molecule has 5 aromatic carbocycles. The Labute approximate surface area is 394 Å². The number of aliphatic carboxylic acids is 1. The average molecular weight is 894 g/mol. The lowest BCUT2D eigenvalue weighted by molar-refractivity contribution is -0.137. The van der Waals surface area contributed by atoms with Gasteiger partial charge in [-0.1, -0.05) is 178 Å². The topological polar surface area (TPSA) is 146 Å². The minimum atomic E-state index is -0.936. The Morgan fingerprint density at radius 1 is 0.776 bits per heavy atom. The van der Waals surface area contributed by atoms with Crippen molar-refractivity contribution < 1.29 is 24.5 Å². The number of rotatable bonds is 19. The summed E-state index contributed by atoms with van der Waals surface area (Å²) in [6.45, 7) is 10.2. The zero-order valence-corrected chi connectivity index (χ0v) is 37.3. The summed E-state index contributed by atoms with van der Waals surface area (Å²) in [7, 11) is 1.62. The summed E-state index contributed by atoms with van der Waals surface area (Å²) in [5.74, 6) is 0.754. The first-order chi connectivity index (χ1) is 32.1. The number of ketones is 1. The van der Waals surface area contributed by atoms with Crippen LogP contribution in [0, 0.1) is 0 Å². The fraction of sp³-hybridized carbons (Fsp3) is 0.175. The van der Waals surface area contributed by atoms with Crippen LogP contribution in [-0.4, -0.2) is 57.3 Å². The third-order valence-electron chi connectivity index (χ3n) is 10.8. The van der Waals surface area contributed by atoms with Crippen molar-refractivity contribution in [2.75, 3.05) is 12.4 Å². The van der Waals surface area contributed by atoms with Crippen LogP contribution in [0.25, 0.3) is 16.8 Å². The summed E-state index contributed by atoms with van der Waals surface area (Å²) in [5.41, 5.74) is 8.29. The Hall–Kier alpha value is -7.95. The number of carbonyl (C=O) groups excluding carboxylic acids is 1. The molecular weight excluding hydrogens is 835 g/mol. The molecule has 1 heterocycles. The molecule has 0 bridgehead atoms. The largest absolute Gasteiger partial charge is 0.500 e. The van der Waals surface area contributed by atoms with Gasteiger partial charge in [0.15, 0.2) is 5.78 Å². The summed E-state index contributed by atoms with van der Waals surface area (Å²) >= 11 is 0. The minimum absolute atomic E-state index is 0. The summed E-state index contributed by atoms with van der Waals surface area (Å²) in [5, 5.41) is 26.7. The van der Waals surface area contributed by atoms with Crippen LogP contribution in [0.4, 0.5) is 5.82 Å². The lowest BCUT2D eigenvalue weighted by Gasteiger charge is -2.22. The summed E-state index contributed by atoms with van der Waals surface area (Å²) in [4.78, 5) is 37.4. The normalized spacial score (nSPS) is 13.4. The Bertz CT molecular complexity index is 2680. The zero-order chi connectivity index (χ0) is 46.7. The number of carboxylic acids is 1. The molecule has 0 radical (unpaired) electrons. The van der Waals surface area contributed by atoms with Crippen LogP contribution in [-0.2, 0) is 16.0 Å². The molecule has 10 heteroatoms. The number of methoxy groups -OCH3 is 1. The number of hydrogen-bond donors (Lipinski definition) is 4. The average Bonchev–Trinajstić information content (AvgIpc) is 3.37. The Balaban J connectivity index is 0.000000247. The monoisotopic (exact) mass is 893 g/mol. The second-order valence-corrected chi connectivity index (χ2v) is 15.5. The number of allylic oxidation sites excluding steroid dienone is 5. The number of nitrogens with zero attached hydrogens (tertiary/aromatic N) is 3. The van der Waals surface area contributed by atoms with Crippen molar-refractivity contribution >= 4 is 29.4 Å². The highest BCUT2D eigenvalue weighted by atomic mass is 16.5. The van der Waals surface area contributed by atoms with Gasteiger partial charge in [-0.05, 0) is 65.7 Å². The van der Waals surface area contributed by atoms with Gasteiger partial charge in [0, 0.05) is 35.4 Å². The fourth-order valence-corrected chi connectivity index (χ4v) is 7.20. The number of aliphatic imine (C=N–C) groups is 1. The van der Waals surface area contributed by atoms with E-state index in [0.29, 0.717) is 47.1 Å². The molecule has 0 saturated carbocycles. The van der Waals surface area contributed by atoms with E-state index < -0.39 is 18.1 Å². The smallest absolute Gasteiger partial charge is 0.326 e. The van der Waals surface area contributed by atoms with E-state index in [1.165, 1.54) is 11.9 Å². The Kier molecular flexibility index (Phi) is 19.1. The van der Waals surface area contributed by atoms with Gasteiger partial charge < -0.3 is 25.6 Å². The SMILES string of the molecule is C.C=C(/C=C(\N=C/C)NC(Cc1ccccc1)C(=C)OC)c1ccc(C(O)c2ccccc2)cc1.O=C(c1ccccc1)c1ccc(-c2cc(NC(CC3=CCCC=C3)C(=O)O)ncn2)cc1. The zero-order valence-electron chi connectivity index (χ0n) is 37.3. The minimum Gasteiger partial charge on any atom is -0.500 e. The molecule has 0 aliphatic heterocycles. The van der Waals surface area contributed by atoms with Crippen molar-refractivity contribution in [2.24, 2.45) is 4.99 Å². The second-order valence-electron chi connectivity index (χ2n) is 15.5. The number of aliphatic hydroxyl groups excluding tert-OH is 1. The third kappa shape index (κ3) is 14.8. The highest BCUT2D eigenvalue weighted by Crippen LogP contribution is 2.26. The van der Waals surface area contributed by atoms with E-state index in [1.807, 2.05) is 122 Å². The number of carbonyl (C=O) groups is 2. The second kappa shape index (κ2) is 25.5. The van der Waals surface area contributed by atoms with E-state index in [1.54, 1.807) is 43.7 Å². The fourth-order valence-electron chi connectivity index (χ4n) is 7.20. The molecule has 6 aromatic rings. The Morgan fingerprint density at radius 3 is 2.00 bits per heavy atom. The van der Waals surface area contributed by atoms with Gasteiger partial charge in [0.05, 0.1) is 18.8 Å². The number of hydrogen-bond acceptors (Lipinski definition) is 9. The van der Waals surface area contributed by atoms with Crippen LogP contribution in [0.3, 0.4) is 0 Å². The highest BCUT2D eigenvalue weighted by Gasteiger charge is 2.20. The lowest BCUT2D eigenvalue weighted by Crippen LogP contribution is -2.32. The van der Waals surface area contributed by atoms with Crippen LogP contribution >= 0.6 is 0 Å². The number of anilines is 1. The van der Waals surface area contributed by atoms with Crippen LogP contribution < -0.4 is 10.6 Å². The third-order valence-corrected chi connectivity index (χ3v) is 10.8. The number of aliphatic hydroxyl groups is 1. The lowest BCUT2D eigenvalue weighted by atomic mass is 9.98. The predicted octanol–water partition coefficient (Wildman–Crippen LogP) is 11.6. The Morgan fingerprint density at radius 2 is 1.39 bits per heavy atom. The van der Waals surface area contributed by atoms with E-state index in [2.05, 4.69) is 63.0 Å². The molecule has 3 atom stereocenters. The van der Waals surface area contributed by atoms with Gasteiger partial charge in [-0.3, -0.25) is 4.79 Å². The van der Waals surface area contributed by atoms with Crippen molar-refractivity contribution in [1.82, 2.24) is 15.3 Å². The van der Waals surface area contributed by atoms with E-state index in [0.717, 1.165) is 46.2 Å². The van der Waals surface area contributed by atoms with E-state index >= 15 is 0 Å². The van der Waals surface area contributed by atoms with Crippen molar-refractivity contribution in [3.63, 3.8) is 0 Å². The van der Waals surface area contributed by atoms with E-state index in [-0.39, 0.29) is 19.3 Å². The highest BCUT2D eigenvalue weighted by molar-refractivity contribution is 6.09. The molecule has 0 fully saturated rings. The molecule has 4 N–H and O–H groups in total.